The van der Waals surface area contributed by atoms with Crippen LogP contribution in [0.2, 0.25) is 0 Å². The average molecular weight is 491 g/mol. The normalized spacial score (nSPS) is 22.4. The molecule has 1 aromatic carbocycles. The van der Waals surface area contributed by atoms with Crippen LogP contribution in [0.1, 0.15) is 71.6 Å². The summed E-state index contributed by atoms with van der Waals surface area (Å²) in [4.78, 5) is 19.2. The highest BCUT2D eigenvalue weighted by Crippen LogP contribution is 2.48. The molecule has 1 aromatic heterocycles. The van der Waals surface area contributed by atoms with E-state index in [2.05, 4.69) is 11.1 Å². The lowest BCUT2D eigenvalue weighted by molar-refractivity contribution is -0.0587. The number of amides is 1. The molecule has 0 radical (unpaired) electrons. The van der Waals surface area contributed by atoms with Crippen molar-refractivity contribution in [2.24, 2.45) is 11.3 Å². The van der Waals surface area contributed by atoms with Gasteiger partial charge in [-0.3, -0.25) is 9.78 Å². The first-order valence-electron chi connectivity index (χ1n) is 12.1. The molecule has 9 heteroatoms. The number of carbonyl (C=O) groups is 1. The summed E-state index contributed by atoms with van der Waals surface area (Å²) in [6.07, 6.45) is 3.05. The Hall–Kier alpha value is -3.37. The number of ether oxygens (including phenoxy) is 2. The second-order valence-corrected chi connectivity index (χ2v) is 10.1. The summed E-state index contributed by atoms with van der Waals surface area (Å²) >= 11 is 0. The van der Waals surface area contributed by atoms with E-state index in [1.54, 1.807) is 25.1 Å². The number of halogens is 1. The van der Waals surface area contributed by atoms with E-state index in [0.29, 0.717) is 55.7 Å². The van der Waals surface area contributed by atoms with Crippen molar-refractivity contribution in [3.05, 3.63) is 64.2 Å². The number of aliphatic hydroxyl groups is 1. The van der Waals surface area contributed by atoms with Crippen LogP contribution in [0.4, 0.5) is 4.39 Å². The van der Waals surface area contributed by atoms with Gasteiger partial charge in [-0.2, -0.15) is 10.5 Å². The lowest BCUT2D eigenvalue weighted by Gasteiger charge is -2.36. The molecule has 3 heterocycles. The maximum atomic E-state index is 15.7. The zero-order valence-corrected chi connectivity index (χ0v) is 20.0. The van der Waals surface area contributed by atoms with Crippen LogP contribution in [0.5, 0.6) is 0 Å². The number of benzene rings is 1. The summed E-state index contributed by atoms with van der Waals surface area (Å²) in [6.45, 7) is 2.82. The zero-order valence-electron chi connectivity index (χ0n) is 20.0. The van der Waals surface area contributed by atoms with E-state index in [-0.39, 0.29) is 30.2 Å². The van der Waals surface area contributed by atoms with Gasteiger partial charge in [0.1, 0.15) is 11.9 Å². The number of nitriles is 2. The lowest BCUT2D eigenvalue weighted by atomic mass is 9.78. The van der Waals surface area contributed by atoms with Crippen molar-refractivity contribution in [2.45, 2.75) is 51.0 Å². The molecule has 1 N–H and O–H groups in total. The molecule has 1 saturated carbocycles. The monoisotopic (exact) mass is 490 g/mol. The van der Waals surface area contributed by atoms with Gasteiger partial charge >= 0.3 is 0 Å². The first-order chi connectivity index (χ1) is 17.3. The molecule has 2 aromatic rings. The largest absolute Gasteiger partial charge is 0.385 e. The van der Waals surface area contributed by atoms with Crippen LogP contribution in [-0.4, -0.2) is 40.7 Å². The fourth-order valence-electron chi connectivity index (χ4n) is 5.01. The van der Waals surface area contributed by atoms with E-state index >= 15 is 4.39 Å². The summed E-state index contributed by atoms with van der Waals surface area (Å²) in [6, 6.07) is 10.4. The van der Waals surface area contributed by atoms with Crippen molar-refractivity contribution < 1.29 is 23.8 Å². The van der Waals surface area contributed by atoms with E-state index in [1.165, 1.54) is 17.2 Å². The van der Waals surface area contributed by atoms with Gasteiger partial charge in [0.25, 0.3) is 5.91 Å². The van der Waals surface area contributed by atoms with Crippen LogP contribution in [0.3, 0.4) is 0 Å². The Morgan fingerprint density at radius 3 is 2.67 bits per heavy atom. The van der Waals surface area contributed by atoms with E-state index in [9.17, 15) is 15.2 Å². The zero-order chi connectivity index (χ0) is 25.5. The molecule has 2 fully saturated rings. The second-order valence-electron chi connectivity index (χ2n) is 10.1. The van der Waals surface area contributed by atoms with Crippen LogP contribution in [0.25, 0.3) is 0 Å². The highest BCUT2D eigenvalue weighted by molar-refractivity contribution is 5.99. The van der Waals surface area contributed by atoms with Crippen molar-refractivity contribution in [1.29, 1.82) is 10.5 Å². The van der Waals surface area contributed by atoms with E-state index in [4.69, 9.17) is 14.7 Å². The van der Waals surface area contributed by atoms with Gasteiger partial charge in [-0.05, 0) is 68.4 Å². The van der Waals surface area contributed by atoms with E-state index < -0.39 is 29.0 Å². The van der Waals surface area contributed by atoms with Gasteiger partial charge in [0.2, 0.25) is 0 Å². The maximum absolute atomic E-state index is 15.7. The average Bonchev–Trinajstić information content (AvgIpc) is 3.64. The minimum atomic E-state index is -1.34. The van der Waals surface area contributed by atoms with Crippen molar-refractivity contribution in [3.63, 3.8) is 0 Å². The third-order valence-electron chi connectivity index (χ3n) is 7.65. The standard InChI is InChI=1S/C27H27FN4O4/c1-26(34,18-4-8-35-9-5-18)19-10-21-23(22(28)11-19)25(36-16-27(15-30)6-7-27)32(24(21)33)14-20-3-2-17(12-29)13-31-20/h2-3,10-11,13,18,25,34H,4-9,14,16H2,1H3. The van der Waals surface area contributed by atoms with Crippen LogP contribution in [-0.2, 0) is 21.6 Å². The van der Waals surface area contributed by atoms with Crippen molar-refractivity contribution in [1.82, 2.24) is 9.88 Å². The Labute approximate surface area is 208 Å². The molecule has 0 spiro atoms. The van der Waals surface area contributed by atoms with Gasteiger partial charge in [0.15, 0.2) is 6.23 Å². The molecule has 0 bridgehead atoms. The number of nitrogens with zero attached hydrogens (tertiary/aromatic N) is 4. The summed E-state index contributed by atoms with van der Waals surface area (Å²) < 4.78 is 27.1. The van der Waals surface area contributed by atoms with Crippen LogP contribution >= 0.6 is 0 Å². The number of fused-ring (bicyclic) bond motifs is 1. The Morgan fingerprint density at radius 1 is 1.31 bits per heavy atom. The third-order valence-corrected chi connectivity index (χ3v) is 7.65. The van der Waals surface area contributed by atoms with Crippen LogP contribution in [0, 0.1) is 39.8 Å². The fourth-order valence-corrected chi connectivity index (χ4v) is 5.01. The Morgan fingerprint density at radius 2 is 2.06 bits per heavy atom. The maximum Gasteiger partial charge on any atom is 0.257 e. The number of hydrogen-bond acceptors (Lipinski definition) is 7. The topological polar surface area (TPSA) is 119 Å². The Bertz CT molecular complexity index is 1250. The van der Waals surface area contributed by atoms with Gasteiger partial charge in [-0.25, -0.2) is 4.39 Å². The summed E-state index contributed by atoms with van der Waals surface area (Å²) in [7, 11) is 0. The number of pyridine rings is 1. The molecule has 2 atom stereocenters. The SMILES string of the molecule is CC(O)(c1cc(F)c2c(c1)C(=O)N(Cc1ccc(C#N)cn1)C2OCC1(C#N)CC1)C1CCOCC1. The summed E-state index contributed by atoms with van der Waals surface area (Å²) in [5.41, 5.74) is -0.457. The number of aromatic nitrogens is 1. The highest BCUT2D eigenvalue weighted by atomic mass is 19.1. The molecule has 1 amide bonds. The van der Waals surface area contributed by atoms with Gasteiger partial charge in [0.05, 0.1) is 47.1 Å². The van der Waals surface area contributed by atoms with Crippen LogP contribution < -0.4 is 0 Å². The summed E-state index contributed by atoms with van der Waals surface area (Å²) in [5.74, 6) is -1.20. The van der Waals surface area contributed by atoms with Crippen molar-refractivity contribution in [2.75, 3.05) is 19.8 Å². The number of carbonyl (C=O) groups excluding carboxylic acids is 1. The first-order valence-corrected chi connectivity index (χ1v) is 12.1. The summed E-state index contributed by atoms with van der Waals surface area (Å²) in [5, 5.41) is 29.9. The molecular formula is C27H27FN4O4. The van der Waals surface area contributed by atoms with Gasteiger partial charge in [-0.15, -0.1) is 0 Å². The van der Waals surface area contributed by atoms with Crippen molar-refractivity contribution >= 4 is 5.91 Å². The molecular weight excluding hydrogens is 463 g/mol. The smallest absolute Gasteiger partial charge is 0.257 e. The Balaban J connectivity index is 1.49. The van der Waals surface area contributed by atoms with Gasteiger partial charge < -0.3 is 19.5 Å². The number of rotatable bonds is 7. The predicted molar refractivity (Wildman–Crippen MR) is 124 cm³/mol. The molecule has 186 valence electrons. The fraction of sp³-hybridized carbons (Fsp3) is 0.481. The molecule has 1 aliphatic carbocycles. The molecule has 1 saturated heterocycles. The molecule has 2 aliphatic heterocycles. The minimum absolute atomic E-state index is 0.0363. The van der Waals surface area contributed by atoms with Crippen LogP contribution in [0.15, 0.2) is 30.5 Å². The van der Waals surface area contributed by atoms with Gasteiger partial charge in [0, 0.05) is 25.0 Å². The molecule has 5 rings (SSSR count). The quantitative estimate of drug-likeness (QED) is 0.628. The second kappa shape index (κ2) is 9.25. The molecule has 3 aliphatic rings. The molecule has 36 heavy (non-hydrogen) atoms. The predicted octanol–water partition coefficient (Wildman–Crippen LogP) is 3.70. The number of hydrogen-bond donors (Lipinski definition) is 1. The lowest BCUT2D eigenvalue weighted by Crippen LogP contribution is -2.36. The van der Waals surface area contributed by atoms with Crippen molar-refractivity contribution in [3.8, 4) is 12.1 Å². The molecule has 2 unspecified atom stereocenters. The highest BCUT2D eigenvalue weighted by Gasteiger charge is 2.48. The first kappa shape index (κ1) is 24.3. The molecule has 8 nitrogen and oxygen atoms in total. The minimum Gasteiger partial charge on any atom is -0.385 e. The van der Waals surface area contributed by atoms with E-state index in [1.807, 2.05) is 6.07 Å². The van der Waals surface area contributed by atoms with Gasteiger partial charge in [-0.1, -0.05) is 0 Å². The van der Waals surface area contributed by atoms with E-state index in [0.717, 1.165) is 0 Å². The Kier molecular flexibility index (Phi) is 6.25. The third kappa shape index (κ3) is 4.35.